The van der Waals surface area contributed by atoms with Gasteiger partial charge in [-0.05, 0) is 36.4 Å². The average molecular weight is 251 g/mol. The molecule has 0 aliphatic rings. The smallest absolute Gasteiger partial charge is 0.302 e. The Bertz CT molecular complexity index is 313. The Hall–Kier alpha value is -0.720. The van der Waals surface area contributed by atoms with E-state index in [2.05, 4.69) is 5.48 Å². The molecule has 0 amide bonds. The van der Waals surface area contributed by atoms with Crippen LogP contribution in [0.1, 0.15) is 12.5 Å². The number of hydrogen-bond donors (Lipinski definition) is 1. The van der Waals surface area contributed by atoms with Crippen molar-refractivity contribution in [1.82, 2.24) is 5.48 Å². The summed E-state index contributed by atoms with van der Waals surface area (Å²) in [6.45, 7) is 2.86. The highest BCUT2D eigenvalue weighted by atomic mass is 32.2. The maximum atomic E-state index is 12.0. The topological polar surface area (TPSA) is 21.3 Å². The molecule has 0 atom stereocenters. The fourth-order valence-corrected chi connectivity index (χ4v) is 1.58. The van der Waals surface area contributed by atoms with Crippen molar-refractivity contribution in [3.63, 3.8) is 0 Å². The molecule has 6 heteroatoms. The van der Waals surface area contributed by atoms with Gasteiger partial charge in [0.05, 0.1) is 6.61 Å². The van der Waals surface area contributed by atoms with E-state index in [-0.39, 0.29) is 16.7 Å². The van der Waals surface area contributed by atoms with E-state index < -0.39 is 5.51 Å². The lowest BCUT2D eigenvalue weighted by Crippen LogP contribution is -2.13. The van der Waals surface area contributed by atoms with Gasteiger partial charge in [-0.2, -0.15) is 18.7 Å². The molecule has 0 aromatic heterocycles. The van der Waals surface area contributed by atoms with Crippen LogP contribution in [0, 0.1) is 0 Å². The quantitative estimate of drug-likeness (QED) is 0.492. The largest absolute Gasteiger partial charge is 0.446 e. The lowest BCUT2D eigenvalue weighted by molar-refractivity contribution is -0.0328. The summed E-state index contributed by atoms with van der Waals surface area (Å²) in [7, 11) is 0. The maximum absolute atomic E-state index is 12.0. The normalized spacial score (nSPS) is 11.8. The Morgan fingerprint density at radius 2 is 1.88 bits per heavy atom. The number of rotatable bonds is 5. The van der Waals surface area contributed by atoms with Gasteiger partial charge in [-0.25, -0.2) is 0 Å². The van der Waals surface area contributed by atoms with Crippen LogP contribution in [0.5, 0.6) is 0 Å². The van der Waals surface area contributed by atoms with E-state index in [1.54, 1.807) is 12.1 Å². The summed E-state index contributed by atoms with van der Waals surface area (Å²) in [6.07, 6.45) is 0. The van der Waals surface area contributed by atoms with Crippen LogP contribution in [0.2, 0.25) is 0 Å². The molecule has 2 nitrogen and oxygen atoms in total. The molecule has 0 unspecified atom stereocenters. The molecule has 0 fully saturated rings. The minimum Gasteiger partial charge on any atom is -0.302 e. The van der Waals surface area contributed by atoms with E-state index >= 15 is 0 Å². The zero-order chi connectivity index (χ0) is 12.0. The molecule has 0 radical (unpaired) electrons. The van der Waals surface area contributed by atoms with Gasteiger partial charge in [0.15, 0.2) is 0 Å². The molecule has 0 aliphatic carbocycles. The summed E-state index contributed by atoms with van der Waals surface area (Å²) in [5.74, 6) is 0. The summed E-state index contributed by atoms with van der Waals surface area (Å²) in [5.41, 5.74) is -0.666. The van der Waals surface area contributed by atoms with Gasteiger partial charge >= 0.3 is 5.51 Å². The number of alkyl halides is 3. The van der Waals surface area contributed by atoms with Gasteiger partial charge in [0.2, 0.25) is 0 Å². The SMILES string of the molecule is CCONCc1ccc(SC(F)(F)F)cc1. The van der Waals surface area contributed by atoms with Crippen LogP contribution >= 0.6 is 11.8 Å². The Morgan fingerprint density at radius 3 is 2.38 bits per heavy atom. The van der Waals surface area contributed by atoms with Crippen LogP contribution in [0.15, 0.2) is 29.2 Å². The maximum Gasteiger partial charge on any atom is 0.446 e. The van der Waals surface area contributed by atoms with E-state index in [0.29, 0.717) is 13.2 Å². The Kier molecular flexibility index (Phi) is 5.11. The second-order valence-corrected chi connectivity index (χ2v) is 4.08. The lowest BCUT2D eigenvalue weighted by atomic mass is 10.2. The van der Waals surface area contributed by atoms with Crippen LogP contribution in [-0.4, -0.2) is 12.1 Å². The van der Waals surface area contributed by atoms with Crippen LogP contribution in [0.25, 0.3) is 0 Å². The molecule has 90 valence electrons. The third kappa shape index (κ3) is 5.39. The molecule has 16 heavy (non-hydrogen) atoms. The number of hydroxylamine groups is 1. The van der Waals surface area contributed by atoms with Crippen molar-refractivity contribution in [3.05, 3.63) is 29.8 Å². The first-order valence-electron chi connectivity index (χ1n) is 4.70. The molecule has 1 rings (SSSR count). The number of hydrogen-bond acceptors (Lipinski definition) is 3. The molecule has 0 heterocycles. The highest BCUT2D eigenvalue weighted by Crippen LogP contribution is 2.36. The summed E-state index contributed by atoms with van der Waals surface area (Å²) in [6, 6.07) is 6.17. The molecular weight excluding hydrogens is 239 g/mol. The molecule has 1 aromatic rings. The monoisotopic (exact) mass is 251 g/mol. The van der Waals surface area contributed by atoms with Crippen LogP contribution in [0.4, 0.5) is 13.2 Å². The Morgan fingerprint density at radius 1 is 1.25 bits per heavy atom. The van der Waals surface area contributed by atoms with E-state index in [9.17, 15) is 13.2 Å². The Balaban J connectivity index is 2.48. The second kappa shape index (κ2) is 6.12. The van der Waals surface area contributed by atoms with Gasteiger partial charge in [-0.15, -0.1) is 0 Å². The van der Waals surface area contributed by atoms with Gasteiger partial charge in [-0.3, -0.25) is 0 Å². The van der Waals surface area contributed by atoms with Crippen molar-refractivity contribution in [2.75, 3.05) is 6.61 Å². The van der Waals surface area contributed by atoms with Gasteiger partial charge in [0, 0.05) is 11.4 Å². The zero-order valence-corrected chi connectivity index (χ0v) is 9.49. The van der Waals surface area contributed by atoms with Crippen molar-refractivity contribution in [1.29, 1.82) is 0 Å². The van der Waals surface area contributed by atoms with Crippen molar-refractivity contribution >= 4 is 11.8 Å². The minimum atomic E-state index is -4.23. The minimum absolute atomic E-state index is 0.114. The fourth-order valence-electron chi connectivity index (χ4n) is 1.05. The molecule has 1 N–H and O–H groups in total. The van der Waals surface area contributed by atoms with Crippen LogP contribution in [0.3, 0.4) is 0 Å². The van der Waals surface area contributed by atoms with Gasteiger partial charge in [0.25, 0.3) is 0 Å². The average Bonchev–Trinajstić information content (AvgIpc) is 2.19. The highest BCUT2D eigenvalue weighted by molar-refractivity contribution is 8.00. The predicted octanol–water partition coefficient (Wildman–Crippen LogP) is 3.34. The van der Waals surface area contributed by atoms with Gasteiger partial charge in [-0.1, -0.05) is 12.1 Å². The Labute approximate surface area is 96.1 Å². The zero-order valence-electron chi connectivity index (χ0n) is 8.67. The van der Waals surface area contributed by atoms with Crippen molar-refractivity contribution in [3.8, 4) is 0 Å². The summed E-state index contributed by atoms with van der Waals surface area (Å²) >= 11 is -0.114. The van der Waals surface area contributed by atoms with E-state index in [1.807, 2.05) is 6.92 Å². The molecule has 1 aromatic carbocycles. The molecule has 0 spiro atoms. The van der Waals surface area contributed by atoms with Crippen molar-refractivity contribution < 1.29 is 18.0 Å². The number of benzene rings is 1. The first kappa shape index (κ1) is 13.3. The van der Waals surface area contributed by atoms with Crippen LogP contribution in [-0.2, 0) is 11.4 Å². The molecule has 0 bridgehead atoms. The van der Waals surface area contributed by atoms with E-state index in [1.165, 1.54) is 12.1 Å². The number of thioether (sulfide) groups is 1. The molecule has 0 saturated heterocycles. The third-order valence-electron chi connectivity index (χ3n) is 1.68. The summed E-state index contributed by atoms with van der Waals surface area (Å²) in [5, 5.41) is 0. The molecular formula is C10H12F3NOS. The van der Waals surface area contributed by atoms with E-state index in [0.717, 1.165) is 5.56 Å². The summed E-state index contributed by atoms with van der Waals surface area (Å²) in [4.78, 5) is 5.10. The van der Waals surface area contributed by atoms with Gasteiger partial charge in [0.1, 0.15) is 0 Å². The number of nitrogens with one attached hydrogen (secondary N) is 1. The van der Waals surface area contributed by atoms with Crippen LogP contribution < -0.4 is 5.48 Å². The first-order valence-corrected chi connectivity index (χ1v) is 5.52. The highest BCUT2D eigenvalue weighted by Gasteiger charge is 2.28. The second-order valence-electron chi connectivity index (χ2n) is 2.95. The van der Waals surface area contributed by atoms with Crippen molar-refractivity contribution in [2.45, 2.75) is 23.9 Å². The third-order valence-corrected chi connectivity index (χ3v) is 2.42. The van der Waals surface area contributed by atoms with E-state index in [4.69, 9.17) is 4.84 Å². The molecule has 0 saturated carbocycles. The first-order chi connectivity index (χ1) is 7.51. The van der Waals surface area contributed by atoms with Gasteiger partial charge < -0.3 is 4.84 Å². The van der Waals surface area contributed by atoms with Crippen molar-refractivity contribution in [2.24, 2.45) is 0 Å². The predicted molar refractivity (Wildman–Crippen MR) is 56.8 cm³/mol. The number of halogens is 3. The molecule has 0 aliphatic heterocycles. The fraction of sp³-hybridized carbons (Fsp3) is 0.400. The standard InChI is InChI=1S/C10H12F3NOS/c1-2-15-14-7-8-3-5-9(6-4-8)16-10(11,12)13/h3-6,14H,2,7H2,1H3. The lowest BCUT2D eigenvalue weighted by Gasteiger charge is -2.07. The summed E-state index contributed by atoms with van der Waals surface area (Å²) < 4.78 is 36.1.